The molecule has 2 aromatic carbocycles. The fraction of sp³-hybridized carbons (Fsp3) is 0.316. The first-order chi connectivity index (χ1) is 12.4. The zero-order chi connectivity index (χ0) is 18.4. The van der Waals surface area contributed by atoms with Crippen molar-refractivity contribution in [2.75, 3.05) is 20.1 Å². The van der Waals surface area contributed by atoms with E-state index in [4.69, 9.17) is 4.74 Å². The fourth-order valence-electron chi connectivity index (χ4n) is 3.85. The molecule has 2 aromatic rings. The summed E-state index contributed by atoms with van der Waals surface area (Å²) in [7, 11) is 1.99. The van der Waals surface area contributed by atoms with Crippen LogP contribution in [0.1, 0.15) is 28.2 Å². The number of hydrogen-bond acceptors (Lipinski definition) is 6. The molecular formula is C19H18N2O5. The number of nitro groups is 1. The van der Waals surface area contributed by atoms with Crippen LogP contribution >= 0.6 is 0 Å². The SMILES string of the molecule is CN1CCc2cc([N+](=O)[O-])c(O)cc2C(c2cccc3c2OC(=O)C3)C1. The van der Waals surface area contributed by atoms with Crippen LogP contribution in [0.5, 0.6) is 11.5 Å². The van der Waals surface area contributed by atoms with Gasteiger partial charge in [0.1, 0.15) is 5.75 Å². The maximum atomic E-state index is 11.7. The molecule has 134 valence electrons. The Morgan fingerprint density at radius 2 is 2.08 bits per heavy atom. The van der Waals surface area contributed by atoms with E-state index in [1.807, 2.05) is 25.2 Å². The van der Waals surface area contributed by atoms with Gasteiger partial charge < -0.3 is 14.7 Å². The number of phenols is 1. The summed E-state index contributed by atoms with van der Waals surface area (Å²) in [6.07, 6.45) is 0.905. The molecule has 0 fully saturated rings. The van der Waals surface area contributed by atoms with E-state index < -0.39 is 4.92 Å². The standard InChI is InChI=1S/C19H18N2O5/c1-20-6-5-11-7-16(21(24)25)17(22)9-14(11)15(10-20)13-4-2-3-12-8-18(23)26-19(12)13/h2-4,7,9,15,22H,5-6,8,10H2,1H3. The number of rotatable bonds is 2. The molecule has 1 atom stereocenters. The Kier molecular flexibility index (Phi) is 3.88. The number of nitrogens with zero attached hydrogens (tertiary/aromatic N) is 2. The fourth-order valence-corrected chi connectivity index (χ4v) is 3.85. The molecule has 1 N–H and O–H groups in total. The van der Waals surface area contributed by atoms with Crippen LogP contribution in [0.15, 0.2) is 30.3 Å². The zero-order valence-corrected chi connectivity index (χ0v) is 14.3. The van der Waals surface area contributed by atoms with Crippen molar-refractivity contribution in [1.29, 1.82) is 0 Å². The van der Waals surface area contributed by atoms with Crippen molar-refractivity contribution in [3.05, 3.63) is 62.7 Å². The third-order valence-corrected chi connectivity index (χ3v) is 5.12. The lowest BCUT2D eigenvalue weighted by atomic mass is 9.86. The van der Waals surface area contributed by atoms with Gasteiger partial charge in [-0.25, -0.2) is 0 Å². The zero-order valence-electron chi connectivity index (χ0n) is 14.3. The predicted octanol–water partition coefficient (Wildman–Crippen LogP) is 2.38. The van der Waals surface area contributed by atoms with Crippen LogP contribution < -0.4 is 4.74 Å². The summed E-state index contributed by atoms with van der Waals surface area (Å²) in [5.74, 6) is -0.180. The maximum absolute atomic E-state index is 11.7. The molecular weight excluding hydrogens is 336 g/mol. The van der Waals surface area contributed by atoms with Gasteiger partial charge in [-0.05, 0) is 30.7 Å². The molecule has 0 amide bonds. The van der Waals surface area contributed by atoms with Gasteiger partial charge in [-0.3, -0.25) is 14.9 Å². The molecule has 0 radical (unpaired) electrons. The van der Waals surface area contributed by atoms with Crippen LogP contribution in [-0.4, -0.2) is 41.0 Å². The topological polar surface area (TPSA) is 92.9 Å². The molecule has 4 rings (SSSR count). The average molecular weight is 354 g/mol. The number of para-hydroxylation sites is 1. The number of aromatic hydroxyl groups is 1. The summed E-state index contributed by atoms with van der Waals surface area (Å²) in [5, 5.41) is 21.3. The minimum Gasteiger partial charge on any atom is -0.502 e. The van der Waals surface area contributed by atoms with Crippen LogP contribution in [0.2, 0.25) is 0 Å². The first-order valence-electron chi connectivity index (χ1n) is 8.45. The molecule has 26 heavy (non-hydrogen) atoms. The molecule has 2 aliphatic heterocycles. The monoisotopic (exact) mass is 354 g/mol. The predicted molar refractivity (Wildman–Crippen MR) is 93.6 cm³/mol. The molecule has 0 spiro atoms. The van der Waals surface area contributed by atoms with Crippen molar-refractivity contribution < 1.29 is 19.6 Å². The molecule has 0 aliphatic carbocycles. The Balaban J connectivity index is 1.88. The van der Waals surface area contributed by atoms with E-state index in [1.165, 1.54) is 12.1 Å². The van der Waals surface area contributed by atoms with Gasteiger partial charge in [-0.1, -0.05) is 18.2 Å². The number of phenolic OH excluding ortho intramolecular Hbond substituents is 1. The van der Waals surface area contributed by atoms with E-state index in [2.05, 4.69) is 4.90 Å². The van der Waals surface area contributed by atoms with E-state index in [-0.39, 0.29) is 29.7 Å². The summed E-state index contributed by atoms with van der Waals surface area (Å²) in [4.78, 5) is 24.5. The smallest absolute Gasteiger partial charge is 0.315 e. The average Bonchev–Trinajstić information content (AvgIpc) is 2.90. The molecule has 0 aromatic heterocycles. The highest BCUT2D eigenvalue weighted by molar-refractivity contribution is 5.82. The largest absolute Gasteiger partial charge is 0.502 e. The van der Waals surface area contributed by atoms with Crippen molar-refractivity contribution in [3.8, 4) is 11.5 Å². The quantitative estimate of drug-likeness (QED) is 0.385. The summed E-state index contributed by atoms with van der Waals surface area (Å²) in [5.41, 5.74) is 3.13. The number of likely N-dealkylation sites (N-methyl/N-ethyl adjacent to an activating group) is 1. The van der Waals surface area contributed by atoms with Crippen LogP contribution in [-0.2, 0) is 17.6 Å². The highest BCUT2D eigenvalue weighted by atomic mass is 16.6. The second-order valence-corrected chi connectivity index (χ2v) is 6.85. The highest BCUT2D eigenvalue weighted by Crippen LogP contribution is 2.42. The summed E-state index contributed by atoms with van der Waals surface area (Å²) in [6.45, 7) is 1.42. The van der Waals surface area contributed by atoms with Gasteiger partial charge in [0, 0.05) is 36.2 Å². The minimum atomic E-state index is -0.568. The van der Waals surface area contributed by atoms with Gasteiger partial charge in [0.2, 0.25) is 0 Å². The number of nitro benzene ring substituents is 1. The Hall–Kier alpha value is -2.93. The van der Waals surface area contributed by atoms with Gasteiger partial charge in [0.15, 0.2) is 5.75 Å². The van der Waals surface area contributed by atoms with Gasteiger partial charge in [-0.15, -0.1) is 0 Å². The molecule has 0 saturated heterocycles. The first kappa shape index (κ1) is 16.5. The summed E-state index contributed by atoms with van der Waals surface area (Å²) in [6, 6.07) is 8.65. The van der Waals surface area contributed by atoms with Crippen LogP contribution in [0.25, 0.3) is 0 Å². The molecule has 2 heterocycles. The lowest BCUT2D eigenvalue weighted by molar-refractivity contribution is -0.385. The number of fused-ring (bicyclic) bond motifs is 2. The van der Waals surface area contributed by atoms with Crippen molar-refractivity contribution in [2.45, 2.75) is 18.8 Å². The van der Waals surface area contributed by atoms with Gasteiger partial charge >= 0.3 is 11.7 Å². The number of hydrogen-bond donors (Lipinski definition) is 1. The second kappa shape index (κ2) is 6.10. The molecule has 0 bridgehead atoms. The van der Waals surface area contributed by atoms with E-state index in [0.717, 1.165) is 28.8 Å². The molecule has 7 heteroatoms. The van der Waals surface area contributed by atoms with Crippen LogP contribution in [0.4, 0.5) is 5.69 Å². The van der Waals surface area contributed by atoms with E-state index >= 15 is 0 Å². The second-order valence-electron chi connectivity index (χ2n) is 6.85. The number of ether oxygens (including phenoxy) is 1. The van der Waals surface area contributed by atoms with Crippen molar-refractivity contribution in [2.24, 2.45) is 0 Å². The van der Waals surface area contributed by atoms with E-state index in [1.54, 1.807) is 0 Å². The van der Waals surface area contributed by atoms with Crippen LogP contribution in [0.3, 0.4) is 0 Å². The van der Waals surface area contributed by atoms with E-state index in [0.29, 0.717) is 18.7 Å². The van der Waals surface area contributed by atoms with Gasteiger partial charge in [0.25, 0.3) is 0 Å². The first-order valence-corrected chi connectivity index (χ1v) is 8.45. The highest BCUT2D eigenvalue weighted by Gasteiger charge is 2.32. The Labute approximate surface area is 150 Å². The number of benzene rings is 2. The molecule has 7 nitrogen and oxygen atoms in total. The Bertz CT molecular complexity index is 924. The van der Waals surface area contributed by atoms with Gasteiger partial charge in [-0.2, -0.15) is 0 Å². The Morgan fingerprint density at radius 1 is 1.27 bits per heavy atom. The third-order valence-electron chi connectivity index (χ3n) is 5.12. The summed E-state index contributed by atoms with van der Waals surface area (Å²) >= 11 is 0. The number of carbonyl (C=O) groups is 1. The normalized spacial score (nSPS) is 19.4. The maximum Gasteiger partial charge on any atom is 0.315 e. The van der Waals surface area contributed by atoms with Crippen LogP contribution in [0, 0.1) is 10.1 Å². The number of esters is 1. The minimum absolute atomic E-state index is 0.148. The Morgan fingerprint density at radius 3 is 2.85 bits per heavy atom. The van der Waals surface area contributed by atoms with Crippen molar-refractivity contribution >= 4 is 11.7 Å². The summed E-state index contributed by atoms with van der Waals surface area (Å²) < 4.78 is 5.45. The van der Waals surface area contributed by atoms with E-state index in [9.17, 15) is 20.0 Å². The van der Waals surface area contributed by atoms with Crippen molar-refractivity contribution in [1.82, 2.24) is 4.90 Å². The molecule has 0 saturated carbocycles. The lowest BCUT2D eigenvalue weighted by Gasteiger charge is -2.23. The van der Waals surface area contributed by atoms with Crippen molar-refractivity contribution in [3.63, 3.8) is 0 Å². The third kappa shape index (κ3) is 2.70. The molecule has 1 unspecified atom stereocenters. The lowest BCUT2D eigenvalue weighted by Crippen LogP contribution is -2.24. The number of carbonyl (C=O) groups excluding carboxylic acids is 1. The molecule has 2 aliphatic rings. The van der Waals surface area contributed by atoms with Gasteiger partial charge in [0.05, 0.1) is 11.3 Å².